The molecule has 0 spiro atoms. The molecule has 1 fully saturated rings. The molecule has 2 aromatic rings. The largest absolute Gasteiger partial charge is 0.337 e. The Labute approximate surface area is 122 Å². The predicted molar refractivity (Wildman–Crippen MR) is 74.9 cm³/mol. The number of nitrogens with two attached hydrogens (primary N) is 1. The maximum atomic E-state index is 12.3. The van der Waals surface area contributed by atoms with Gasteiger partial charge in [0.15, 0.2) is 0 Å². The number of likely N-dealkylation sites (tertiary alicyclic amines) is 1. The van der Waals surface area contributed by atoms with Crippen LogP contribution in [-0.4, -0.2) is 50.1 Å². The lowest BCUT2D eigenvalue weighted by atomic mass is 10.2. The first-order chi connectivity index (χ1) is 9.24. The fourth-order valence-electron chi connectivity index (χ4n) is 2.22. The van der Waals surface area contributed by atoms with E-state index in [0.29, 0.717) is 12.1 Å². The summed E-state index contributed by atoms with van der Waals surface area (Å²) in [7, 11) is 0. The summed E-state index contributed by atoms with van der Waals surface area (Å²) in [6, 6.07) is 7.33. The zero-order valence-corrected chi connectivity index (χ0v) is 11.5. The Morgan fingerprint density at radius 3 is 2.90 bits per heavy atom. The fourth-order valence-corrected chi connectivity index (χ4v) is 2.22. The number of benzene rings is 1. The predicted octanol–water partition coefficient (Wildman–Crippen LogP) is 0.257. The van der Waals surface area contributed by atoms with Gasteiger partial charge in [-0.25, -0.2) is 4.68 Å². The fraction of sp³-hybridized carbons (Fsp3) is 0.333. The van der Waals surface area contributed by atoms with Crippen LogP contribution in [0.4, 0.5) is 0 Å². The lowest BCUT2D eigenvalue weighted by Gasteiger charge is -2.16. The molecule has 0 bridgehead atoms. The summed E-state index contributed by atoms with van der Waals surface area (Å²) in [5.41, 5.74) is 7.21. The van der Waals surface area contributed by atoms with Crippen LogP contribution in [0.2, 0.25) is 0 Å². The van der Waals surface area contributed by atoms with Crippen LogP contribution in [0.3, 0.4) is 0 Å². The Bertz CT molecular complexity index is 587. The van der Waals surface area contributed by atoms with Gasteiger partial charge >= 0.3 is 0 Å². The molecule has 0 radical (unpaired) electrons. The van der Waals surface area contributed by atoms with Gasteiger partial charge in [-0.1, -0.05) is 6.07 Å². The van der Waals surface area contributed by atoms with Crippen LogP contribution in [0.5, 0.6) is 0 Å². The molecule has 0 saturated carbocycles. The quantitative estimate of drug-likeness (QED) is 0.858. The van der Waals surface area contributed by atoms with Crippen LogP contribution in [-0.2, 0) is 0 Å². The van der Waals surface area contributed by atoms with Gasteiger partial charge in [-0.3, -0.25) is 4.79 Å². The monoisotopic (exact) mass is 294 g/mol. The summed E-state index contributed by atoms with van der Waals surface area (Å²) in [5, 5.41) is 11.0. The highest BCUT2D eigenvalue weighted by Gasteiger charge is 2.24. The molecule has 2 N–H and O–H groups in total. The Hall–Kier alpha value is -1.99. The maximum absolute atomic E-state index is 12.3. The Morgan fingerprint density at radius 2 is 2.25 bits per heavy atom. The number of halogens is 1. The van der Waals surface area contributed by atoms with Crippen molar-refractivity contribution < 1.29 is 4.79 Å². The van der Waals surface area contributed by atoms with Crippen molar-refractivity contribution in [3.8, 4) is 5.69 Å². The van der Waals surface area contributed by atoms with Crippen molar-refractivity contribution in [2.24, 2.45) is 5.73 Å². The first kappa shape index (κ1) is 14.4. The molecule has 2 heterocycles. The molecule has 1 aliphatic rings. The molecule has 1 aromatic carbocycles. The summed E-state index contributed by atoms with van der Waals surface area (Å²) in [4.78, 5) is 14.1. The van der Waals surface area contributed by atoms with E-state index in [1.54, 1.807) is 17.0 Å². The van der Waals surface area contributed by atoms with E-state index in [0.717, 1.165) is 18.7 Å². The molecule has 1 amide bonds. The number of hydrogen-bond acceptors (Lipinski definition) is 5. The first-order valence-corrected chi connectivity index (χ1v) is 6.12. The van der Waals surface area contributed by atoms with Crippen molar-refractivity contribution in [1.29, 1.82) is 0 Å². The van der Waals surface area contributed by atoms with Crippen LogP contribution >= 0.6 is 12.4 Å². The molecule has 106 valence electrons. The van der Waals surface area contributed by atoms with Crippen molar-refractivity contribution in [1.82, 2.24) is 25.1 Å². The number of carbonyl (C=O) groups excluding carboxylic acids is 1. The average Bonchev–Trinajstić information content (AvgIpc) is 3.09. The van der Waals surface area contributed by atoms with Crippen molar-refractivity contribution in [2.75, 3.05) is 13.1 Å². The van der Waals surface area contributed by atoms with Crippen molar-refractivity contribution in [3.05, 3.63) is 36.2 Å². The number of rotatable bonds is 2. The van der Waals surface area contributed by atoms with Crippen LogP contribution < -0.4 is 5.73 Å². The Morgan fingerprint density at radius 1 is 1.40 bits per heavy atom. The van der Waals surface area contributed by atoms with Crippen molar-refractivity contribution >= 4 is 18.3 Å². The van der Waals surface area contributed by atoms with Crippen LogP contribution in [0, 0.1) is 0 Å². The number of nitrogens with zero attached hydrogens (tertiary/aromatic N) is 5. The van der Waals surface area contributed by atoms with Gasteiger partial charge in [-0.2, -0.15) is 0 Å². The van der Waals surface area contributed by atoms with Crippen LogP contribution in [0.15, 0.2) is 30.6 Å². The van der Waals surface area contributed by atoms with E-state index >= 15 is 0 Å². The normalized spacial score (nSPS) is 17.9. The van der Waals surface area contributed by atoms with Gasteiger partial charge in [0.05, 0.1) is 5.69 Å². The van der Waals surface area contributed by atoms with Crippen molar-refractivity contribution in [2.45, 2.75) is 12.5 Å². The highest BCUT2D eigenvalue weighted by Crippen LogP contribution is 2.15. The zero-order chi connectivity index (χ0) is 13.2. The molecular formula is C12H15ClN6O. The van der Waals surface area contributed by atoms with E-state index in [1.807, 2.05) is 12.1 Å². The second-order valence-electron chi connectivity index (χ2n) is 4.60. The summed E-state index contributed by atoms with van der Waals surface area (Å²) >= 11 is 0. The van der Waals surface area contributed by atoms with E-state index in [-0.39, 0.29) is 24.4 Å². The van der Waals surface area contributed by atoms with Gasteiger partial charge in [-0.15, -0.1) is 17.5 Å². The highest BCUT2D eigenvalue weighted by molar-refractivity contribution is 5.95. The molecule has 8 heteroatoms. The highest BCUT2D eigenvalue weighted by atomic mass is 35.5. The van der Waals surface area contributed by atoms with E-state index in [2.05, 4.69) is 15.5 Å². The molecule has 7 nitrogen and oxygen atoms in total. The number of tetrazole rings is 1. The lowest BCUT2D eigenvalue weighted by molar-refractivity contribution is 0.0791. The van der Waals surface area contributed by atoms with Crippen molar-refractivity contribution in [3.63, 3.8) is 0 Å². The molecule has 1 atom stereocenters. The average molecular weight is 295 g/mol. The zero-order valence-electron chi connectivity index (χ0n) is 10.7. The molecule has 1 aliphatic heterocycles. The smallest absolute Gasteiger partial charge is 0.253 e. The third-order valence-corrected chi connectivity index (χ3v) is 3.22. The topological polar surface area (TPSA) is 89.9 Å². The molecule has 0 aliphatic carbocycles. The minimum atomic E-state index is 0. The number of aromatic nitrogens is 4. The van der Waals surface area contributed by atoms with E-state index in [9.17, 15) is 4.79 Å². The summed E-state index contributed by atoms with van der Waals surface area (Å²) in [6.45, 7) is 1.34. The Balaban J connectivity index is 0.00000147. The van der Waals surface area contributed by atoms with Gasteiger partial charge in [0.1, 0.15) is 6.33 Å². The SMILES string of the molecule is Cl.N[C@@H]1CCN(C(=O)c2cccc(-n3cnnn3)c2)C1. The van der Waals surface area contributed by atoms with Gasteiger partial charge in [0, 0.05) is 24.7 Å². The summed E-state index contributed by atoms with van der Waals surface area (Å²) < 4.78 is 1.52. The molecule has 1 saturated heterocycles. The van der Waals surface area contributed by atoms with Crippen LogP contribution in [0.25, 0.3) is 5.69 Å². The number of amides is 1. The van der Waals surface area contributed by atoms with Crippen LogP contribution in [0.1, 0.15) is 16.8 Å². The summed E-state index contributed by atoms with van der Waals surface area (Å²) in [5.74, 6) is 0.00266. The van der Waals surface area contributed by atoms with E-state index in [4.69, 9.17) is 5.73 Å². The maximum Gasteiger partial charge on any atom is 0.253 e. The third kappa shape index (κ3) is 2.78. The lowest BCUT2D eigenvalue weighted by Crippen LogP contribution is -2.31. The minimum Gasteiger partial charge on any atom is -0.337 e. The summed E-state index contributed by atoms with van der Waals surface area (Å²) in [6.07, 6.45) is 2.35. The second-order valence-corrected chi connectivity index (χ2v) is 4.60. The van der Waals surface area contributed by atoms with Gasteiger partial charge in [-0.05, 0) is 35.0 Å². The van der Waals surface area contributed by atoms with Gasteiger partial charge < -0.3 is 10.6 Å². The molecule has 1 aromatic heterocycles. The van der Waals surface area contributed by atoms with Gasteiger partial charge in [0.2, 0.25) is 0 Å². The molecule has 0 unspecified atom stereocenters. The first-order valence-electron chi connectivity index (χ1n) is 6.12. The second kappa shape index (κ2) is 5.98. The molecule has 20 heavy (non-hydrogen) atoms. The third-order valence-electron chi connectivity index (χ3n) is 3.22. The van der Waals surface area contributed by atoms with E-state index < -0.39 is 0 Å². The number of hydrogen-bond donors (Lipinski definition) is 1. The van der Waals surface area contributed by atoms with E-state index in [1.165, 1.54) is 11.0 Å². The minimum absolute atomic E-state index is 0. The molecule has 3 rings (SSSR count). The van der Waals surface area contributed by atoms with Gasteiger partial charge in [0.25, 0.3) is 5.91 Å². The standard InChI is InChI=1S/C12H14N6O.ClH/c13-10-4-5-17(7-10)12(19)9-2-1-3-11(6-9)18-8-14-15-16-18;/h1-3,6,8,10H,4-5,7,13H2;1H/t10-;/m1./s1. The number of carbonyl (C=O) groups is 1. The Kier molecular flexibility index (Phi) is 4.31. The molecular weight excluding hydrogens is 280 g/mol.